The van der Waals surface area contributed by atoms with Crippen molar-refractivity contribution in [3.8, 4) is 0 Å². The van der Waals surface area contributed by atoms with Crippen LogP contribution < -0.4 is 11.1 Å². The number of nitrogens with one attached hydrogen (secondary N) is 1. The molecule has 3 heteroatoms. The third-order valence-corrected chi connectivity index (χ3v) is 4.32. The van der Waals surface area contributed by atoms with Crippen LogP contribution in [0.15, 0.2) is 55.1 Å². The number of benzene rings is 1. The third kappa shape index (κ3) is 6.25. The summed E-state index contributed by atoms with van der Waals surface area (Å²) in [7, 11) is 0. The molecule has 0 aliphatic carbocycles. The Hall–Kier alpha value is -1.90. The van der Waals surface area contributed by atoms with E-state index >= 15 is 0 Å². The summed E-state index contributed by atoms with van der Waals surface area (Å²) < 4.78 is 0. The summed E-state index contributed by atoms with van der Waals surface area (Å²) in [5, 5.41) is 3.06. The van der Waals surface area contributed by atoms with Crippen LogP contribution in [0, 0.1) is 11.8 Å². The maximum absolute atomic E-state index is 5.66. The van der Waals surface area contributed by atoms with Crippen LogP contribution in [0.5, 0.6) is 0 Å². The van der Waals surface area contributed by atoms with Gasteiger partial charge in [0.25, 0.3) is 0 Å². The first-order valence-electron chi connectivity index (χ1n) is 8.13. The highest BCUT2D eigenvalue weighted by molar-refractivity contribution is 5.15. The maximum Gasteiger partial charge on any atom is 0.0994 e. The summed E-state index contributed by atoms with van der Waals surface area (Å²) in [5.41, 5.74) is 7.00. The SMILES string of the molecule is C=C(N)NC(=C)N(CCc1ccccc1)CC(C)C(C)CC. The number of rotatable bonds is 10. The molecule has 0 spiro atoms. The number of nitrogens with two attached hydrogens (primary N) is 1. The molecule has 0 fully saturated rings. The van der Waals surface area contributed by atoms with Crippen LogP contribution in [0.2, 0.25) is 0 Å². The van der Waals surface area contributed by atoms with E-state index in [-0.39, 0.29) is 0 Å². The van der Waals surface area contributed by atoms with E-state index in [0.717, 1.165) is 25.3 Å². The predicted molar refractivity (Wildman–Crippen MR) is 95.9 cm³/mol. The molecule has 1 aromatic rings. The molecule has 122 valence electrons. The molecule has 0 amide bonds. The van der Waals surface area contributed by atoms with Gasteiger partial charge in [-0.25, -0.2) is 0 Å². The zero-order chi connectivity index (χ0) is 16.5. The van der Waals surface area contributed by atoms with Crippen LogP contribution in [0.3, 0.4) is 0 Å². The fraction of sp³-hybridized carbons (Fsp3) is 0.474. The fourth-order valence-corrected chi connectivity index (χ4v) is 2.44. The van der Waals surface area contributed by atoms with E-state index in [2.05, 4.69) is 68.4 Å². The van der Waals surface area contributed by atoms with Gasteiger partial charge in [0.1, 0.15) is 0 Å². The van der Waals surface area contributed by atoms with Crippen LogP contribution in [-0.4, -0.2) is 18.0 Å². The van der Waals surface area contributed by atoms with Gasteiger partial charge in [0.15, 0.2) is 0 Å². The van der Waals surface area contributed by atoms with Gasteiger partial charge in [0.2, 0.25) is 0 Å². The van der Waals surface area contributed by atoms with Crippen molar-refractivity contribution in [2.75, 3.05) is 13.1 Å². The van der Waals surface area contributed by atoms with Gasteiger partial charge in [-0.1, -0.05) is 70.7 Å². The van der Waals surface area contributed by atoms with Crippen molar-refractivity contribution in [2.45, 2.75) is 33.6 Å². The molecule has 0 radical (unpaired) electrons. The highest BCUT2D eigenvalue weighted by Gasteiger charge is 2.16. The molecule has 1 aromatic carbocycles. The second-order valence-corrected chi connectivity index (χ2v) is 6.14. The van der Waals surface area contributed by atoms with Crippen LogP contribution in [0.25, 0.3) is 0 Å². The van der Waals surface area contributed by atoms with Gasteiger partial charge < -0.3 is 16.0 Å². The molecule has 3 N–H and O–H groups in total. The second-order valence-electron chi connectivity index (χ2n) is 6.14. The topological polar surface area (TPSA) is 41.3 Å². The van der Waals surface area contributed by atoms with Gasteiger partial charge in [-0.2, -0.15) is 0 Å². The lowest BCUT2D eigenvalue weighted by Crippen LogP contribution is -2.37. The zero-order valence-corrected chi connectivity index (χ0v) is 14.3. The van der Waals surface area contributed by atoms with E-state index in [9.17, 15) is 0 Å². The molecule has 1 rings (SSSR count). The average Bonchev–Trinajstić information content (AvgIpc) is 2.50. The number of hydrogen-bond donors (Lipinski definition) is 2. The summed E-state index contributed by atoms with van der Waals surface area (Å²) in [6.07, 6.45) is 2.18. The van der Waals surface area contributed by atoms with E-state index in [0.29, 0.717) is 17.7 Å². The zero-order valence-electron chi connectivity index (χ0n) is 14.3. The molecule has 0 saturated heterocycles. The first-order valence-corrected chi connectivity index (χ1v) is 8.13. The Morgan fingerprint density at radius 1 is 1.18 bits per heavy atom. The molecule has 3 nitrogen and oxygen atoms in total. The van der Waals surface area contributed by atoms with Crippen molar-refractivity contribution in [2.24, 2.45) is 17.6 Å². The fourth-order valence-electron chi connectivity index (χ4n) is 2.44. The van der Waals surface area contributed by atoms with Crippen LogP contribution >= 0.6 is 0 Å². The molecule has 0 heterocycles. The van der Waals surface area contributed by atoms with Crippen molar-refractivity contribution in [1.29, 1.82) is 0 Å². The summed E-state index contributed by atoms with van der Waals surface area (Å²) >= 11 is 0. The minimum absolute atomic E-state index is 0.436. The molecule has 2 unspecified atom stereocenters. The van der Waals surface area contributed by atoms with Gasteiger partial charge in [0, 0.05) is 13.1 Å². The summed E-state index contributed by atoms with van der Waals surface area (Å²) in [6.45, 7) is 16.6. The molecular weight excluding hydrogens is 270 g/mol. The highest BCUT2D eigenvalue weighted by Crippen LogP contribution is 2.18. The lowest BCUT2D eigenvalue weighted by Gasteiger charge is -2.32. The lowest BCUT2D eigenvalue weighted by molar-refractivity contribution is 0.238. The van der Waals surface area contributed by atoms with Crippen molar-refractivity contribution in [3.05, 3.63) is 60.7 Å². The lowest BCUT2D eigenvalue weighted by atomic mass is 9.93. The molecule has 0 aliphatic rings. The van der Waals surface area contributed by atoms with Crippen molar-refractivity contribution in [3.63, 3.8) is 0 Å². The van der Waals surface area contributed by atoms with Gasteiger partial charge >= 0.3 is 0 Å². The molecule has 0 bridgehead atoms. The van der Waals surface area contributed by atoms with Gasteiger partial charge in [-0.3, -0.25) is 0 Å². The Morgan fingerprint density at radius 2 is 1.82 bits per heavy atom. The third-order valence-electron chi connectivity index (χ3n) is 4.32. The standard InChI is InChI=1S/C19H31N3/c1-6-15(2)16(3)14-22(18(5)21-17(4)20)13-12-19-10-8-7-9-11-19/h7-11,15-16,21H,4-6,12-14,20H2,1-3H3. The van der Waals surface area contributed by atoms with Crippen molar-refractivity contribution >= 4 is 0 Å². The first-order chi connectivity index (χ1) is 10.4. The monoisotopic (exact) mass is 301 g/mol. The highest BCUT2D eigenvalue weighted by atomic mass is 15.3. The van der Waals surface area contributed by atoms with Gasteiger partial charge in [-0.15, -0.1) is 0 Å². The van der Waals surface area contributed by atoms with Crippen LogP contribution in [0.1, 0.15) is 32.8 Å². The van der Waals surface area contributed by atoms with Crippen molar-refractivity contribution in [1.82, 2.24) is 10.2 Å². The van der Waals surface area contributed by atoms with E-state index in [1.165, 1.54) is 12.0 Å². The number of hydrogen-bond acceptors (Lipinski definition) is 3. The summed E-state index contributed by atoms with van der Waals surface area (Å²) in [6, 6.07) is 10.5. The first kappa shape index (κ1) is 18.1. The molecule has 0 saturated carbocycles. The van der Waals surface area contributed by atoms with Crippen molar-refractivity contribution < 1.29 is 0 Å². The van der Waals surface area contributed by atoms with E-state index in [4.69, 9.17) is 5.73 Å². The average molecular weight is 301 g/mol. The maximum atomic E-state index is 5.66. The van der Waals surface area contributed by atoms with E-state index < -0.39 is 0 Å². The Balaban J connectivity index is 2.68. The smallest absolute Gasteiger partial charge is 0.0994 e. The van der Waals surface area contributed by atoms with Crippen LogP contribution in [0.4, 0.5) is 0 Å². The van der Waals surface area contributed by atoms with Crippen LogP contribution in [-0.2, 0) is 6.42 Å². The van der Waals surface area contributed by atoms with E-state index in [1.54, 1.807) is 0 Å². The second kappa shape index (κ2) is 9.19. The Bertz CT molecular complexity index is 467. The Kier molecular flexibility index (Phi) is 7.58. The van der Waals surface area contributed by atoms with Gasteiger partial charge in [0.05, 0.1) is 11.6 Å². The molecule has 22 heavy (non-hydrogen) atoms. The van der Waals surface area contributed by atoms with Gasteiger partial charge in [-0.05, 0) is 23.8 Å². The number of nitrogens with zero attached hydrogens (tertiary/aromatic N) is 1. The largest absolute Gasteiger partial charge is 0.386 e. The molecule has 2 atom stereocenters. The summed E-state index contributed by atoms with van der Waals surface area (Å²) in [4.78, 5) is 2.28. The molecule has 0 aromatic heterocycles. The summed E-state index contributed by atoms with van der Waals surface area (Å²) in [5.74, 6) is 2.56. The molecule has 0 aliphatic heterocycles. The van der Waals surface area contributed by atoms with E-state index in [1.807, 2.05) is 6.07 Å². The quantitative estimate of drug-likeness (QED) is 0.692. The minimum Gasteiger partial charge on any atom is -0.386 e. The molecular formula is C19H31N3. The Labute approximate surface area is 135 Å². The minimum atomic E-state index is 0.436. The predicted octanol–water partition coefficient (Wildman–Crippen LogP) is 3.70. The normalized spacial score (nSPS) is 13.2. The Morgan fingerprint density at radius 3 is 2.36 bits per heavy atom.